The van der Waals surface area contributed by atoms with Crippen molar-refractivity contribution in [3.05, 3.63) is 29.6 Å². The molecule has 0 unspecified atom stereocenters. The maximum atomic E-state index is 10.7. The van der Waals surface area contributed by atoms with Gasteiger partial charge in [0.2, 0.25) is 10.0 Å². The molecule has 0 amide bonds. The second-order valence-electron chi connectivity index (χ2n) is 2.61. The Hall–Kier alpha value is -0.940. The van der Waals surface area contributed by atoms with E-state index in [9.17, 15) is 8.42 Å². The molecule has 0 spiro atoms. The van der Waals surface area contributed by atoms with Gasteiger partial charge in [0, 0.05) is 12.4 Å². The van der Waals surface area contributed by atoms with Gasteiger partial charge in [0.05, 0.1) is 5.75 Å². The van der Waals surface area contributed by atoms with Crippen molar-refractivity contribution in [1.29, 1.82) is 0 Å². The Morgan fingerprint density at radius 2 is 2.25 bits per heavy atom. The first-order valence-electron chi connectivity index (χ1n) is 3.39. The molecule has 4 nitrogen and oxygen atoms in total. The first-order valence-corrected chi connectivity index (χ1v) is 5.10. The molecule has 1 rings (SSSR count). The van der Waals surface area contributed by atoms with E-state index in [0.717, 1.165) is 5.56 Å². The predicted octanol–water partition coefficient (Wildman–Crippen LogP) is 0.179. The maximum absolute atomic E-state index is 10.7. The van der Waals surface area contributed by atoms with Crippen molar-refractivity contribution in [2.45, 2.75) is 12.7 Å². The molecule has 1 aromatic rings. The van der Waals surface area contributed by atoms with E-state index in [-0.39, 0.29) is 5.75 Å². The van der Waals surface area contributed by atoms with Crippen LogP contribution < -0.4 is 5.14 Å². The molecule has 0 aliphatic rings. The van der Waals surface area contributed by atoms with Crippen LogP contribution in [-0.4, -0.2) is 13.4 Å². The third-order valence-electron chi connectivity index (χ3n) is 1.49. The lowest BCUT2D eigenvalue weighted by molar-refractivity contribution is 0.597. The van der Waals surface area contributed by atoms with Crippen molar-refractivity contribution in [3.63, 3.8) is 0 Å². The molecular weight excluding hydrogens is 176 g/mol. The van der Waals surface area contributed by atoms with Gasteiger partial charge in [0.1, 0.15) is 0 Å². The van der Waals surface area contributed by atoms with Crippen LogP contribution in [0.1, 0.15) is 11.1 Å². The van der Waals surface area contributed by atoms with E-state index in [1.165, 1.54) is 0 Å². The van der Waals surface area contributed by atoms with Gasteiger partial charge < -0.3 is 0 Å². The summed E-state index contributed by atoms with van der Waals surface area (Å²) in [5.74, 6) is -0.124. The van der Waals surface area contributed by atoms with Crippen LogP contribution in [0.5, 0.6) is 0 Å². The molecule has 0 bridgehead atoms. The third-order valence-corrected chi connectivity index (χ3v) is 2.21. The zero-order valence-corrected chi connectivity index (χ0v) is 7.50. The largest absolute Gasteiger partial charge is 0.264 e. The highest BCUT2D eigenvalue weighted by atomic mass is 32.2. The molecule has 0 aliphatic heterocycles. The highest BCUT2D eigenvalue weighted by Crippen LogP contribution is 2.07. The molecule has 0 aromatic carbocycles. The van der Waals surface area contributed by atoms with E-state index in [1.807, 2.05) is 0 Å². The van der Waals surface area contributed by atoms with Gasteiger partial charge in [-0.1, -0.05) is 0 Å². The highest BCUT2D eigenvalue weighted by molar-refractivity contribution is 7.88. The second-order valence-corrected chi connectivity index (χ2v) is 4.22. The summed E-state index contributed by atoms with van der Waals surface area (Å²) in [6.07, 6.45) is 3.16. The molecule has 0 saturated heterocycles. The van der Waals surface area contributed by atoms with Crippen LogP contribution >= 0.6 is 0 Å². The fraction of sp³-hybridized carbons (Fsp3) is 0.286. The first kappa shape index (κ1) is 9.15. The Morgan fingerprint density at radius 1 is 1.58 bits per heavy atom. The fourth-order valence-electron chi connectivity index (χ4n) is 0.881. The van der Waals surface area contributed by atoms with Gasteiger partial charge in [-0.05, 0) is 24.1 Å². The molecule has 66 valence electrons. The Morgan fingerprint density at radius 3 is 2.75 bits per heavy atom. The Labute approximate surface area is 71.5 Å². The quantitative estimate of drug-likeness (QED) is 0.716. The zero-order chi connectivity index (χ0) is 9.19. The molecule has 0 fully saturated rings. The standard InChI is InChI=1S/C7H10N2O2S/c1-6-4-9-3-2-7(6)5-12(8,10)11/h2-4H,5H2,1H3,(H2,8,10,11). The summed E-state index contributed by atoms with van der Waals surface area (Å²) < 4.78 is 21.4. The van der Waals surface area contributed by atoms with E-state index < -0.39 is 10.0 Å². The lowest BCUT2D eigenvalue weighted by Gasteiger charge is -2.01. The summed E-state index contributed by atoms with van der Waals surface area (Å²) in [6, 6.07) is 1.65. The molecule has 5 heteroatoms. The van der Waals surface area contributed by atoms with Gasteiger partial charge >= 0.3 is 0 Å². The maximum Gasteiger partial charge on any atom is 0.213 e. The summed E-state index contributed by atoms with van der Waals surface area (Å²) in [4.78, 5) is 3.84. The van der Waals surface area contributed by atoms with Gasteiger partial charge in [0.15, 0.2) is 0 Å². The number of hydrogen-bond acceptors (Lipinski definition) is 3. The number of aromatic nitrogens is 1. The van der Waals surface area contributed by atoms with E-state index in [4.69, 9.17) is 5.14 Å². The lowest BCUT2D eigenvalue weighted by Crippen LogP contribution is -2.15. The number of rotatable bonds is 2. The van der Waals surface area contributed by atoms with Crippen LogP contribution in [0.25, 0.3) is 0 Å². The number of hydrogen-bond donors (Lipinski definition) is 1. The van der Waals surface area contributed by atoms with Crippen LogP contribution in [0.15, 0.2) is 18.5 Å². The van der Waals surface area contributed by atoms with E-state index in [2.05, 4.69) is 4.98 Å². The van der Waals surface area contributed by atoms with Crippen molar-refractivity contribution < 1.29 is 8.42 Å². The van der Waals surface area contributed by atoms with Crippen LogP contribution in [0.4, 0.5) is 0 Å². The molecule has 12 heavy (non-hydrogen) atoms. The van der Waals surface area contributed by atoms with Crippen molar-refractivity contribution in [2.75, 3.05) is 0 Å². The average molecular weight is 186 g/mol. The van der Waals surface area contributed by atoms with Crippen LogP contribution in [0, 0.1) is 6.92 Å². The second kappa shape index (κ2) is 3.20. The van der Waals surface area contributed by atoms with Crippen molar-refractivity contribution >= 4 is 10.0 Å². The number of aryl methyl sites for hydroxylation is 1. The zero-order valence-electron chi connectivity index (χ0n) is 6.69. The summed E-state index contributed by atoms with van der Waals surface area (Å²) in [5, 5.41) is 4.89. The minimum absolute atomic E-state index is 0.124. The van der Waals surface area contributed by atoms with Crippen molar-refractivity contribution in [1.82, 2.24) is 4.98 Å². The fourth-order valence-corrected chi connectivity index (χ4v) is 1.64. The number of primary sulfonamides is 1. The number of sulfonamides is 1. The molecule has 0 aliphatic carbocycles. The molecule has 1 aromatic heterocycles. The Bertz CT molecular complexity index is 373. The smallest absolute Gasteiger partial charge is 0.213 e. The molecular formula is C7H10N2O2S. The van der Waals surface area contributed by atoms with Crippen molar-refractivity contribution in [2.24, 2.45) is 5.14 Å². The van der Waals surface area contributed by atoms with Gasteiger partial charge in [-0.3, -0.25) is 4.98 Å². The summed E-state index contributed by atoms with van der Waals surface area (Å²) in [5.41, 5.74) is 1.54. The van der Waals surface area contributed by atoms with Crippen molar-refractivity contribution in [3.8, 4) is 0 Å². The monoisotopic (exact) mass is 186 g/mol. The van der Waals surface area contributed by atoms with Gasteiger partial charge in [0.25, 0.3) is 0 Å². The Balaban J connectivity index is 2.98. The highest BCUT2D eigenvalue weighted by Gasteiger charge is 2.06. The number of nitrogens with zero attached hydrogens (tertiary/aromatic N) is 1. The normalized spacial score (nSPS) is 11.5. The van der Waals surface area contributed by atoms with Gasteiger partial charge in [-0.2, -0.15) is 0 Å². The topological polar surface area (TPSA) is 73.0 Å². The summed E-state index contributed by atoms with van der Waals surface area (Å²) in [6.45, 7) is 1.80. The molecule has 0 radical (unpaired) electrons. The Kier molecular flexibility index (Phi) is 2.44. The molecule has 1 heterocycles. The molecule has 0 atom stereocenters. The average Bonchev–Trinajstić information content (AvgIpc) is 1.91. The molecule has 2 N–H and O–H groups in total. The van der Waals surface area contributed by atoms with Crippen LogP contribution in [0.3, 0.4) is 0 Å². The molecule has 0 saturated carbocycles. The predicted molar refractivity (Wildman–Crippen MR) is 45.8 cm³/mol. The van der Waals surface area contributed by atoms with Crippen LogP contribution in [-0.2, 0) is 15.8 Å². The lowest BCUT2D eigenvalue weighted by atomic mass is 10.2. The summed E-state index contributed by atoms with van der Waals surface area (Å²) in [7, 11) is -3.43. The van der Waals surface area contributed by atoms with E-state index >= 15 is 0 Å². The van der Waals surface area contributed by atoms with Crippen LogP contribution in [0.2, 0.25) is 0 Å². The number of pyridine rings is 1. The first-order chi connectivity index (χ1) is 5.49. The minimum atomic E-state index is -3.43. The van der Waals surface area contributed by atoms with Gasteiger partial charge in [-0.25, -0.2) is 13.6 Å². The SMILES string of the molecule is Cc1cnccc1CS(N)(=O)=O. The summed E-state index contributed by atoms with van der Waals surface area (Å²) >= 11 is 0. The van der Waals surface area contributed by atoms with E-state index in [0.29, 0.717) is 5.56 Å². The minimum Gasteiger partial charge on any atom is -0.264 e. The third kappa shape index (κ3) is 2.60. The number of nitrogens with two attached hydrogens (primary N) is 1. The van der Waals surface area contributed by atoms with E-state index in [1.54, 1.807) is 25.4 Å². The van der Waals surface area contributed by atoms with Gasteiger partial charge in [-0.15, -0.1) is 0 Å².